The number of aliphatic hydroxyl groups excluding tert-OH is 1. The van der Waals surface area contributed by atoms with Crippen LogP contribution in [-0.2, 0) is 4.74 Å². The topological polar surface area (TPSA) is 84.4 Å². The maximum absolute atomic E-state index is 11.7. The number of carbonyl (C=O) groups excluding carboxylic acids is 1. The Morgan fingerprint density at radius 2 is 2.00 bits per heavy atom. The lowest BCUT2D eigenvalue weighted by Gasteiger charge is -2.20. The highest BCUT2D eigenvalue weighted by atomic mass is 35.5. The van der Waals surface area contributed by atoms with Gasteiger partial charge in [-0.3, -0.25) is 5.32 Å². The van der Waals surface area contributed by atoms with Crippen LogP contribution in [0.5, 0.6) is 5.75 Å². The number of anilines is 1. The number of benzene rings is 1. The second-order valence-corrected chi connectivity index (χ2v) is 6.88. The zero-order valence-electron chi connectivity index (χ0n) is 15.5. The van der Waals surface area contributed by atoms with Gasteiger partial charge in [-0.1, -0.05) is 25.5 Å². The zero-order chi connectivity index (χ0) is 18.0. The van der Waals surface area contributed by atoms with Gasteiger partial charge in [-0.15, -0.1) is 0 Å². The lowest BCUT2D eigenvalue weighted by atomic mass is 10.1. The fourth-order valence-corrected chi connectivity index (χ4v) is 1.89. The van der Waals surface area contributed by atoms with Gasteiger partial charge in [-0.05, 0) is 39.3 Å². The van der Waals surface area contributed by atoms with E-state index >= 15 is 0 Å². The molecule has 0 aliphatic rings. The molecular weight excluding hydrogens is 344 g/mol. The quantitative estimate of drug-likeness (QED) is 0.491. The number of para-hydroxylation sites is 2. The van der Waals surface area contributed by atoms with Gasteiger partial charge >= 0.3 is 6.09 Å². The molecule has 0 saturated carbocycles. The number of halogens is 1. The summed E-state index contributed by atoms with van der Waals surface area (Å²) in [6.07, 6.45) is 0.716. The van der Waals surface area contributed by atoms with Crippen molar-refractivity contribution in [1.29, 1.82) is 0 Å². The number of hydrogen-bond donors (Lipinski definition) is 3. The molecule has 0 fully saturated rings. The first-order chi connectivity index (χ1) is 11.3. The first kappa shape index (κ1) is 23.5. The fourth-order valence-electron chi connectivity index (χ4n) is 1.89. The Labute approximate surface area is 156 Å². The number of amides is 1. The van der Waals surface area contributed by atoms with Crippen LogP contribution in [0.3, 0.4) is 0 Å². The molecular formula is C18H31ClN2O4. The molecule has 0 heterocycles. The number of rotatable bonds is 9. The largest absolute Gasteiger partial charge is 1.00 e. The summed E-state index contributed by atoms with van der Waals surface area (Å²) < 4.78 is 10.7. The van der Waals surface area contributed by atoms with Crippen molar-refractivity contribution < 1.29 is 37.1 Å². The van der Waals surface area contributed by atoms with Crippen LogP contribution >= 0.6 is 0 Å². The molecule has 1 unspecified atom stereocenters. The number of carbonyl (C=O) groups is 1. The van der Waals surface area contributed by atoms with Crippen molar-refractivity contribution in [3.63, 3.8) is 0 Å². The average molecular weight is 375 g/mol. The standard InChI is InChI=1S/C18H30N2O4.ClH/c1-5-6-11-23-17(22)20-15-9-7-8-10-16(15)24-13-14(21)12-19-18(2,3)4;/h7-10,14,19,21H,5-6,11-13H2,1-4H3,(H,20,22);1H. The molecule has 1 aromatic rings. The molecule has 144 valence electrons. The molecule has 1 atom stereocenters. The highest BCUT2D eigenvalue weighted by molar-refractivity contribution is 5.86. The molecule has 0 spiro atoms. The number of quaternary nitrogens is 1. The smallest absolute Gasteiger partial charge is 0.411 e. The van der Waals surface area contributed by atoms with Crippen molar-refractivity contribution in [1.82, 2.24) is 0 Å². The number of aliphatic hydroxyl groups is 1. The van der Waals surface area contributed by atoms with Gasteiger partial charge in [0.15, 0.2) is 0 Å². The van der Waals surface area contributed by atoms with Crippen molar-refractivity contribution in [2.24, 2.45) is 0 Å². The third-order valence-corrected chi connectivity index (χ3v) is 3.29. The van der Waals surface area contributed by atoms with Crippen molar-refractivity contribution in [2.45, 2.75) is 52.2 Å². The highest BCUT2D eigenvalue weighted by Gasteiger charge is 2.17. The van der Waals surface area contributed by atoms with Crippen LogP contribution in [0.15, 0.2) is 24.3 Å². The van der Waals surface area contributed by atoms with Gasteiger partial charge in [-0.2, -0.15) is 0 Å². The monoisotopic (exact) mass is 374 g/mol. The third-order valence-electron chi connectivity index (χ3n) is 3.29. The predicted octanol–water partition coefficient (Wildman–Crippen LogP) is -0.859. The van der Waals surface area contributed by atoms with Crippen LogP contribution in [0, 0.1) is 0 Å². The van der Waals surface area contributed by atoms with E-state index in [0.717, 1.165) is 12.8 Å². The van der Waals surface area contributed by atoms with Gasteiger partial charge in [0, 0.05) is 0 Å². The SMILES string of the molecule is CCCCOC(=O)Nc1ccccc1OCC(O)C[NH2+]C(C)(C)C.[Cl-]. The van der Waals surface area contributed by atoms with Gasteiger partial charge in [-0.25, -0.2) is 4.79 Å². The van der Waals surface area contributed by atoms with Crippen molar-refractivity contribution in [2.75, 3.05) is 25.1 Å². The van der Waals surface area contributed by atoms with E-state index in [4.69, 9.17) is 9.47 Å². The molecule has 1 rings (SSSR count). The van der Waals surface area contributed by atoms with Crippen LogP contribution in [0.1, 0.15) is 40.5 Å². The van der Waals surface area contributed by atoms with E-state index in [2.05, 4.69) is 31.4 Å². The third kappa shape index (κ3) is 10.9. The molecule has 7 heteroatoms. The molecule has 0 aliphatic carbocycles. The summed E-state index contributed by atoms with van der Waals surface area (Å²) in [6.45, 7) is 9.41. The fraction of sp³-hybridized carbons (Fsp3) is 0.611. The van der Waals surface area contributed by atoms with Crippen molar-refractivity contribution >= 4 is 11.8 Å². The summed E-state index contributed by atoms with van der Waals surface area (Å²) in [5, 5.41) is 14.8. The summed E-state index contributed by atoms with van der Waals surface area (Å²) >= 11 is 0. The molecule has 6 nitrogen and oxygen atoms in total. The predicted molar refractivity (Wildman–Crippen MR) is 94.4 cm³/mol. The average Bonchev–Trinajstić information content (AvgIpc) is 2.51. The summed E-state index contributed by atoms with van der Waals surface area (Å²) in [4.78, 5) is 11.7. The molecule has 0 bridgehead atoms. The van der Waals surface area contributed by atoms with E-state index in [1.54, 1.807) is 18.2 Å². The van der Waals surface area contributed by atoms with E-state index in [0.29, 0.717) is 24.6 Å². The Bertz CT molecular complexity index is 506. The van der Waals surface area contributed by atoms with E-state index in [-0.39, 0.29) is 24.6 Å². The molecule has 1 aromatic carbocycles. The molecule has 25 heavy (non-hydrogen) atoms. The lowest BCUT2D eigenvalue weighted by molar-refractivity contribution is -0.722. The van der Waals surface area contributed by atoms with Gasteiger partial charge in [0.1, 0.15) is 25.0 Å². The summed E-state index contributed by atoms with van der Waals surface area (Å²) in [6, 6.07) is 7.11. The van der Waals surface area contributed by atoms with Gasteiger partial charge in [0.2, 0.25) is 0 Å². The van der Waals surface area contributed by atoms with Crippen LogP contribution in [0.25, 0.3) is 0 Å². The first-order valence-corrected chi connectivity index (χ1v) is 8.50. The normalized spacial score (nSPS) is 12.0. The maximum atomic E-state index is 11.7. The van der Waals surface area contributed by atoms with Crippen LogP contribution < -0.4 is 27.8 Å². The minimum atomic E-state index is -0.589. The van der Waals surface area contributed by atoms with Gasteiger partial charge in [0.05, 0.1) is 17.8 Å². The van der Waals surface area contributed by atoms with Crippen molar-refractivity contribution in [3.05, 3.63) is 24.3 Å². The molecule has 4 N–H and O–H groups in total. The van der Waals surface area contributed by atoms with E-state index < -0.39 is 12.2 Å². The van der Waals surface area contributed by atoms with Crippen LogP contribution in [-0.4, -0.2) is 42.6 Å². The van der Waals surface area contributed by atoms with Crippen LogP contribution in [0.4, 0.5) is 10.5 Å². The Morgan fingerprint density at radius 1 is 1.32 bits per heavy atom. The summed E-state index contributed by atoms with van der Waals surface area (Å²) in [5.74, 6) is 0.514. The zero-order valence-corrected chi connectivity index (χ0v) is 16.3. The molecule has 0 saturated heterocycles. The Kier molecular flexibility index (Phi) is 11.2. The molecule has 0 radical (unpaired) electrons. The minimum Gasteiger partial charge on any atom is -1.00 e. The van der Waals surface area contributed by atoms with Gasteiger partial charge in [0.25, 0.3) is 0 Å². The second-order valence-electron chi connectivity index (χ2n) is 6.88. The first-order valence-electron chi connectivity index (χ1n) is 8.50. The minimum absolute atomic E-state index is 0. The molecule has 0 aromatic heterocycles. The Balaban J connectivity index is 0.00000576. The molecule has 0 aliphatic heterocycles. The van der Waals surface area contributed by atoms with Gasteiger partial charge < -0.3 is 32.3 Å². The van der Waals surface area contributed by atoms with Crippen LogP contribution in [0.2, 0.25) is 0 Å². The number of ether oxygens (including phenoxy) is 2. The van der Waals surface area contributed by atoms with E-state index in [1.807, 2.05) is 13.0 Å². The summed E-state index contributed by atoms with van der Waals surface area (Å²) in [5.41, 5.74) is 0.592. The molecule has 1 amide bonds. The lowest BCUT2D eigenvalue weighted by Crippen LogP contribution is -3.00. The number of nitrogens with one attached hydrogen (secondary N) is 1. The van der Waals surface area contributed by atoms with E-state index in [1.165, 1.54) is 0 Å². The highest BCUT2D eigenvalue weighted by Crippen LogP contribution is 2.24. The van der Waals surface area contributed by atoms with E-state index in [9.17, 15) is 9.90 Å². The number of nitrogens with two attached hydrogens (primary N) is 1. The number of unbranched alkanes of at least 4 members (excludes halogenated alkanes) is 1. The second kappa shape index (κ2) is 12.0. The van der Waals surface area contributed by atoms with Crippen molar-refractivity contribution in [3.8, 4) is 5.75 Å². The number of hydrogen-bond acceptors (Lipinski definition) is 4. The maximum Gasteiger partial charge on any atom is 0.411 e. The Hall–Kier alpha value is -1.50. The Morgan fingerprint density at radius 3 is 2.64 bits per heavy atom. The summed E-state index contributed by atoms with van der Waals surface area (Å²) in [7, 11) is 0.